The van der Waals surface area contributed by atoms with Crippen molar-refractivity contribution in [1.82, 2.24) is 4.90 Å². The first-order chi connectivity index (χ1) is 19.3. The first-order valence-corrected chi connectivity index (χ1v) is 15.3. The van der Waals surface area contributed by atoms with Crippen molar-refractivity contribution in [2.45, 2.75) is 47.8 Å². The largest absolute Gasteiger partial charge is 0.458 e. The van der Waals surface area contributed by atoms with Crippen molar-refractivity contribution in [3.63, 3.8) is 0 Å². The Morgan fingerprint density at radius 3 is 2.20 bits per heavy atom. The van der Waals surface area contributed by atoms with Crippen molar-refractivity contribution in [1.29, 1.82) is 0 Å². The van der Waals surface area contributed by atoms with Crippen molar-refractivity contribution in [2.75, 3.05) is 6.61 Å². The Kier molecular flexibility index (Phi) is 6.55. The predicted octanol–water partition coefficient (Wildman–Crippen LogP) is 3.89. The second-order valence-electron chi connectivity index (χ2n) is 10.7. The number of fused-ring (bicyclic) bond motifs is 3. The lowest BCUT2D eigenvalue weighted by atomic mass is 9.78. The molecular formula is C28H25F2NO8S2. The number of halogens is 2. The van der Waals surface area contributed by atoms with Crippen molar-refractivity contribution in [2.24, 2.45) is 11.8 Å². The fourth-order valence-electron chi connectivity index (χ4n) is 6.40. The molecule has 6 rings (SSSR count). The Labute approximate surface area is 237 Å². The van der Waals surface area contributed by atoms with E-state index in [1.807, 2.05) is 30.3 Å². The minimum absolute atomic E-state index is 0.308. The van der Waals surface area contributed by atoms with Crippen LogP contribution in [0.15, 0.2) is 54.6 Å². The number of hydrogen-bond acceptors (Lipinski definition) is 8. The molecular weight excluding hydrogens is 580 g/mol. The van der Waals surface area contributed by atoms with Gasteiger partial charge in [-0.25, -0.2) is 4.79 Å². The highest BCUT2D eigenvalue weighted by molar-refractivity contribution is 8.01. The second kappa shape index (κ2) is 9.63. The monoisotopic (exact) mass is 605 g/mol. The molecule has 0 aromatic heterocycles. The molecule has 6 unspecified atom stereocenters. The fourth-order valence-corrected chi connectivity index (χ4v) is 8.70. The van der Waals surface area contributed by atoms with Gasteiger partial charge in [-0.15, -0.1) is 11.8 Å². The van der Waals surface area contributed by atoms with E-state index in [0.717, 1.165) is 10.8 Å². The van der Waals surface area contributed by atoms with Gasteiger partial charge in [0.1, 0.15) is 6.10 Å². The van der Waals surface area contributed by atoms with E-state index in [9.17, 15) is 31.6 Å². The highest BCUT2D eigenvalue weighted by Crippen LogP contribution is 2.60. The molecule has 2 bridgehead atoms. The number of rotatable bonds is 7. The number of hydrogen-bond donors (Lipinski definition) is 1. The number of esters is 2. The number of likely N-dealkylation sites (tertiary alicyclic amines) is 1. The normalized spacial score (nSPS) is 27.3. The Bertz CT molecular complexity index is 1660. The van der Waals surface area contributed by atoms with Gasteiger partial charge in [-0.05, 0) is 41.5 Å². The molecule has 1 N–H and O–H groups in total. The van der Waals surface area contributed by atoms with Crippen LogP contribution in [-0.2, 0) is 29.2 Å². The van der Waals surface area contributed by atoms with Gasteiger partial charge in [0.25, 0.3) is 0 Å². The van der Waals surface area contributed by atoms with Crippen LogP contribution in [0.25, 0.3) is 21.5 Å². The van der Waals surface area contributed by atoms with Crippen molar-refractivity contribution < 1.29 is 45.6 Å². The molecule has 9 nitrogen and oxygen atoms in total. The molecule has 3 aromatic carbocycles. The summed E-state index contributed by atoms with van der Waals surface area (Å²) in [5.41, 5.74) is 0.329. The van der Waals surface area contributed by atoms with Gasteiger partial charge in [0.2, 0.25) is 5.91 Å². The van der Waals surface area contributed by atoms with E-state index in [0.29, 0.717) is 16.3 Å². The molecule has 0 spiro atoms. The molecule has 3 aliphatic rings. The summed E-state index contributed by atoms with van der Waals surface area (Å²) < 4.78 is 69.2. The smallest absolute Gasteiger partial charge is 0.402 e. The number of carbonyl (C=O) groups is 3. The third-order valence-corrected chi connectivity index (χ3v) is 10.7. The van der Waals surface area contributed by atoms with Crippen LogP contribution >= 0.6 is 11.8 Å². The molecule has 3 aromatic rings. The number of nitrogens with zero attached hydrogens (tertiary/aromatic N) is 1. The lowest BCUT2D eigenvalue weighted by Gasteiger charge is -2.34. The van der Waals surface area contributed by atoms with E-state index in [-0.39, 0.29) is 11.9 Å². The molecule has 3 saturated heterocycles. The molecule has 3 aliphatic heterocycles. The Hall–Kier alpha value is -3.29. The number of alkyl halides is 2. The molecule has 216 valence electrons. The van der Waals surface area contributed by atoms with Crippen molar-refractivity contribution in [3.05, 3.63) is 60.2 Å². The maximum absolute atomic E-state index is 13.9. The summed E-state index contributed by atoms with van der Waals surface area (Å²) in [5, 5.41) is -3.01. The molecule has 6 atom stereocenters. The summed E-state index contributed by atoms with van der Waals surface area (Å²) in [6.07, 6.45) is -0.958. The van der Waals surface area contributed by atoms with Crippen LogP contribution in [-0.4, -0.2) is 76.3 Å². The standard InChI is InChI=1S/C28H25F2NO8S2/c1-13(2)31-21-22(39-27(34)18-16-9-5-3-7-14(16)11-15-8-4-6-10-17(15)18)24-20(19(25(31)32)23(21)40-24)26(33)38-12-28(29,30)41(35,36)37/h3-11,13,19-24H,12H2,1-2H3,(H,35,36,37). The Morgan fingerprint density at radius 2 is 1.63 bits per heavy atom. The number of benzene rings is 3. The summed E-state index contributed by atoms with van der Waals surface area (Å²) in [7, 11) is -5.83. The van der Waals surface area contributed by atoms with Crippen LogP contribution in [0.2, 0.25) is 0 Å². The Balaban J connectivity index is 1.36. The zero-order chi connectivity index (χ0) is 29.4. The minimum Gasteiger partial charge on any atom is -0.458 e. The summed E-state index contributed by atoms with van der Waals surface area (Å²) in [6, 6.07) is 15.8. The first kappa shape index (κ1) is 27.9. The molecule has 13 heteroatoms. The molecule has 0 radical (unpaired) electrons. The second-order valence-corrected chi connectivity index (χ2v) is 13.6. The maximum Gasteiger partial charge on any atom is 0.402 e. The van der Waals surface area contributed by atoms with E-state index in [1.54, 1.807) is 43.0 Å². The molecule has 0 aliphatic carbocycles. The predicted molar refractivity (Wildman–Crippen MR) is 146 cm³/mol. The molecule has 0 saturated carbocycles. The van der Waals surface area contributed by atoms with Crippen LogP contribution in [0.4, 0.5) is 8.78 Å². The first-order valence-electron chi connectivity index (χ1n) is 12.9. The summed E-state index contributed by atoms with van der Waals surface area (Å²) in [6.45, 7) is 1.67. The minimum atomic E-state index is -5.83. The molecule has 1 amide bonds. The van der Waals surface area contributed by atoms with Gasteiger partial charge in [-0.1, -0.05) is 48.5 Å². The summed E-state index contributed by atoms with van der Waals surface area (Å²) >= 11 is 1.27. The lowest BCUT2D eigenvalue weighted by Crippen LogP contribution is -2.51. The molecule has 3 heterocycles. The molecule has 3 fully saturated rings. The zero-order valence-corrected chi connectivity index (χ0v) is 23.4. The van der Waals surface area contributed by atoms with Gasteiger partial charge in [0.05, 0.1) is 28.7 Å². The topological polar surface area (TPSA) is 127 Å². The zero-order valence-electron chi connectivity index (χ0n) is 21.8. The van der Waals surface area contributed by atoms with Crippen molar-refractivity contribution in [3.8, 4) is 0 Å². The lowest BCUT2D eigenvalue weighted by molar-refractivity contribution is -0.159. The number of amides is 1. The quantitative estimate of drug-likeness (QED) is 0.242. The van der Waals surface area contributed by atoms with Crippen molar-refractivity contribution >= 4 is 61.3 Å². The van der Waals surface area contributed by atoms with E-state index in [1.165, 1.54) is 11.8 Å². The van der Waals surface area contributed by atoms with Gasteiger partial charge in [0.15, 0.2) is 6.61 Å². The fraction of sp³-hybridized carbons (Fsp3) is 0.393. The van der Waals surface area contributed by atoms with Gasteiger partial charge < -0.3 is 14.4 Å². The van der Waals surface area contributed by atoms with Crippen LogP contribution in [0.3, 0.4) is 0 Å². The average Bonchev–Trinajstić information content (AvgIpc) is 3.52. The SMILES string of the molecule is CC(C)N1C(=O)C2C3SC(C(OC(=O)c4c5ccccc5cc5ccccc45)C31)C2C(=O)OCC(F)(F)S(=O)(=O)O. The van der Waals surface area contributed by atoms with E-state index in [4.69, 9.17) is 9.29 Å². The number of carbonyl (C=O) groups excluding carboxylic acids is 3. The summed E-state index contributed by atoms with van der Waals surface area (Å²) in [4.78, 5) is 42.1. The third-order valence-electron chi connectivity index (χ3n) is 8.07. The van der Waals surface area contributed by atoms with Crippen LogP contribution in [0.1, 0.15) is 24.2 Å². The van der Waals surface area contributed by atoms with Gasteiger partial charge >= 0.3 is 27.3 Å². The highest BCUT2D eigenvalue weighted by Gasteiger charge is 2.72. The maximum atomic E-state index is 13.9. The number of thioether (sulfide) groups is 1. The van der Waals surface area contributed by atoms with Gasteiger partial charge in [-0.3, -0.25) is 14.1 Å². The van der Waals surface area contributed by atoms with Crippen LogP contribution in [0, 0.1) is 11.8 Å². The van der Waals surface area contributed by atoms with Crippen LogP contribution < -0.4 is 0 Å². The average molecular weight is 606 g/mol. The molecule has 41 heavy (non-hydrogen) atoms. The Morgan fingerprint density at radius 1 is 1.05 bits per heavy atom. The van der Waals surface area contributed by atoms with E-state index in [2.05, 4.69) is 4.74 Å². The van der Waals surface area contributed by atoms with Gasteiger partial charge in [-0.2, -0.15) is 17.2 Å². The van der Waals surface area contributed by atoms with E-state index < -0.39 is 68.4 Å². The van der Waals surface area contributed by atoms with Gasteiger partial charge in [0, 0.05) is 11.3 Å². The summed E-state index contributed by atoms with van der Waals surface area (Å²) in [5.74, 6) is -4.41. The van der Waals surface area contributed by atoms with E-state index >= 15 is 0 Å². The van der Waals surface area contributed by atoms with Crippen LogP contribution in [0.5, 0.6) is 0 Å². The third kappa shape index (κ3) is 4.28. The highest BCUT2D eigenvalue weighted by atomic mass is 32.2. The number of ether oxygens (including phenoxy) is 2.